The molecule has 40 heavy (non-hydrogen) atoms. The van der Waals surface area contributed by atoms with Gasteiger partial charge in [-0.15, -0.1) is 0 Å². The van der Waals surface area contributed by atoms with Crippen LogP contribution < -0.4 is 0 Å². The number of hydrogen-bond donors (Lipinski definition) is 1. The van der Waals surface area contributed by atoms with Crippen LogP contribution in [0.15, 0.2) is 0 Å². The van der Waals surface area contributed by atoms with Crippen LogP contribution in [0, 0.1) is 0 Å². The van der Waals surface area contributed by atoms with Crippen molar-refractivity contribution in [2.75, 3.05) is 54.1 Å². The number of carbonyl (C=O) groups excluding carboxylic acids is 1. The second-order valence-corrected chi connectivity index (χ2v) is 13.6. The van der Waals surface area contributed by atoms with Gasteiger partial charge in [-0.1, -0.05) is 123 Å². The number of unbranched alkanes of at least 4 members (excludes halogenated alkanes) is 17. The van der Waals surface area contributed by atoms with Gasteiger partial charge in [0.15, 0.2) is 0 Å². The van der Waals surface area contributed by atoms with Crippen LogP contribution in [0.1, 0.15) is 136 Å². The number of nitrogens with zero attached hydrogens (tertiary/aromatic N) is 1. The van der Waals surface area contributed by atoms with E-state index in [1.165, 1.54) is 103 Å². The number of phosphoric ester groups is 1. The summed E-state index contributed by atoms with van der Waals surface area (Å²) < 4.78 is 33.8. The van der Waals surface area contributed by atoms with E-state index in [0.29, 0.717) is 17.6 Å². The molecule has 0 saturated heterocycles. The molecule has 0 amide bonds. The van der Waals surface area contributed by atoms with Crippen molar-refractivity contribution in [3.8, 4) is 0 Å². The Labute approximate surface area is 247 Å². The predicted octanol–water partition coefficient (Wildman–Crippen LogP) is 8.21. The van der Waals surface area contributed by atoms with Gasteiger partial charge in [-0.05, 0) is 6.42 Å². The summed E-state index contributed by atoms with van der Waals surface area (Å²) in [5.41, 5.74) is 0. The Morgan fingerprint density at radius 2 is 1.12 bits per heavy atom. The van der Waals surface area contributed by atoms with Crippen molar-refractivity contribution in [3.63, 3.8) is 0 Å². The van der Waals surface area contributed by atoms with Crippen molar-refractivity contribution in [2.45, 2.75) is 142 Å². The van der Waals surface area contributed by atoms with E-state index in [1.807, 2.05) is 21.1 Å². The first-order valence-corrected chi connectivity index (χ1v) is 17.8. The standard InChI is InChI=1S/C31H64NO7P/c1-6-8-9-10-11-12-13-14-15-16-17-18-19-20-21-22-23-24-26-36-28-30(39-31(33)7-2)29-38-40(34,35)37-27-25-32(3,4)5/h30H,6-29H2,1-5H3/p+1. The summed E-state index contributed by atoms with van der Waals surface area (Å²) in [6, 6.07) is 0. The molecule has 0 spiro atoms. The summed E-state index contributed by atoms with van der Waals surface area (Å²) in [5.74, 6) is -0.399. The molecule has 9 heteroatoms. The molecule has 0 aromatic heterocycles. The quantitative estimate of drug-likeness (QED) is 0.0388. The normalized spacial score (nSPS) is 14.2. The minimum Gasteiger partial charge on any atom is -0.457 e. The lowest BCUT2D eigenvalue weighted by Crippen LogP contribution is -2.37. The van der Waals surface area contributed by atoms with Crippen LogP contribution in [-0.4, -0.2) is 75.6 Å². The van der Waals surface area contributed by atoms with E-state index in [2.05, 4.69) is 6.92 Å². The Kier molecular flexibility index (Phi) is 25.8. The molecule has 2 unspecified atom stereocenters. The third kappa shape index (κ3) is 29.0. The number of rotatable bonds is 30. The lowest BCUT2D eigenvalue weighted by molar-refractivity contribution is -0.870. The Morgan fingerprint density at radius 3 is 1.55 bits per heavy atom. The highest BCUT2D eigenvalue weighted by atomic mass is 31.2. The number of phosphoric acid groups is 1. The number of likely N-dealkylation sites (N-methyl/N-ethyl adjacent to an activating group) is 1. The maximum Gasteiger partial charge on any atom is 0.472 e. The number of esters is 1. The second kappa shape index (κ2) is 26.2. The molecule has 0 radical (unpaired) electrons. The van der Waals surface area contributed by atoms with E-state index in [-0.39, 0.29) is 26.2 Å². The third-order valence-electron chi connectivity index (χ3n) is 6.97. The van der Waals surface area contributed by atoms with Crippen LogP contribution in [0.5, 0.6) is 0 Å². The Hall–Kier alpha value is -0.500. The van der Waals surface area contributed by atoms with Gasteiger partial charge in [-0.25, -0.2) is 4.57 Å². The van der Waals surface area contributed by atoms with Crippen LogP contribution >= 0.6 is 7.82 Å². The highest BCUT2D eigenvalue weighted by Crippen LogP contribution is 2.43. The molecular formula is C31H65NO7P+. The van der Waals surface area contributed by atoms with Crippen molar-refractivity contribution in [3.05, 3.63) is 0 Å². The molecule has 0 aliphatic heterocycles. The lowest BCUT2D eigenvalue weighted by atomic mass is 10.0. The van der Waals surface area contributed by atoms with Gasteiger partial charge >= 0.3 is 13.8 Å². The Morgan fingerprint density at radius 1 is 0.675 bits per heavy atom. The van der Waals surface area contributed by atoms with E-state index in [0.717, 1.165) is 12.8 Å². The molecule has 0 aromatic rings. The summed E-state index contributed by atoms with van der Waals surface area (Å²) in [6.45, 7) is 5.07. The Balaban J connectivity index is 3.74. The number of hydrogen-bond acceptors (Lipinski definition) is 6. The minimum atomic E-state index is -4.22. The highest BCUT2D eigenvalue weighted by Gasteiger charge is 2.26. The summed E-state index contributed by atoms with van der Waals surface area (Å²) in [6.07, 6.45) is 23.5. The zero-order valence-electron chi connectivity index (χ0n) is 26.8. The van der Waals surface area contributed by atoms with E-state index in [9.17, 15) is 14.3 Å². The third-order valence-corrected chi connectivity index (χ3v) is 7.96. The fourth-order valence-corrected chi connectivity index (χ4v) is 5.09. The molecule has 0 rings (SSSR count). The fourth-order valence-electron chi connectivity index (χ4n) is 4.35. The highest BCUT2D eigenvalue weighted by molar-refractivity contribution is 7.47. The molecule has 0 aliphatic carbocycles. The van der Waals surface area contributed by atoms with E-state index < -0.39 is 19.9 Å². The first-order chi connectivity index (χ1) is 19.1. The molecule has 0 saturated carbocycles. The van der Waals surface area contributed by atoms with Gasteiger partial charge in [0, 0.05) is 13.0 Å². The minimum absolute atomic E-state index is 0.0898. The molecule has 0 bridgehead atoms. The van der Waals surface area contributed by atoms with Crippen LogP contribution in [0.3, 0.4) is 0 Å². The SMILES string of the molecule is CCCCCCCCCCCCCCCCCCCCOCC(COP(=O)(O)OCC[N+](C)(C)C)OC(=O)CC. The topological polar surface area (TPSA) is 91.3 Å². The van der Waals surface area contributed by atoms with Crippen molar-refractivity contribution in [1.82, 2.24) is 0 Å². The van der Waals surface area contributed by atoms with Crippen LogP contribution in [0.2, 0.25) is 0 Å². The van der Waals surface area contributed by atoms with Gasteiger partial charge in [0.1, 0.15) is 19.3 Å². The predicted molar refractivity (Wildman–Crippen MR) is 164 cm³/mol. The van der Waals surface area contributed by atoms with Crippen molar-refractivity contribution < 1.29 is 37.3 Å². The fraction of sp³-hybridized carbons (Fsp3) is 0.968. The summed E-state index contributed by atoms with van der Waals surface area (Å²) in [7, 11) is 1.67. The molecule has 0 aromatic carbocycles. The van der Waals surface area contributed by atoms with Gasteiger partial charge in [-0.3, -0.25) is 13.8 Å². The summed E-state index contributed by atoms with van der Waals surface area (Å²) in [5, 5.41) is 0. The van der Waals surface area contributed by atoms with E-state index >= 15 is 0 Å². The first-order valence-electron chi connectivity index (χ1n) is 16.3. The molecule has 0 fully saturated rings. The lowest BCUT2D eigenvalue weighted by Gasteiger charge is -2.24. The number of ether oxygens (including phenoxy) is 2. The van der Waals surface area contributed by atoms with Crippen molar-refractivity contribution in [2.24, 2.45) is 0 Å². The van der Waals surface area contributed by atoms with Gasteiger partial charge in [0.2, 0.25) is 0 Å². The van der Waals surface area contributed by atoms with E-state index in [4.69, 9.17) is 18.5 Å². The average molecular weight is 595 g/mol. The van der Waals surface area contributed by atoms with Gasteiger partial charge in [-0.2, -0.15) is 0 Å². The van der Waals surface area contributed by atoms with Gasteiger partial charge in [0.05, 0.1) is 34.4 Å². The van der Waals surface area contributed by atoms with Crippen LogP contribution in [-0.2, 0) is 27.9 Å². The zero-order valence-corrected chi connectivity index (χ0v) is 27.7. The molecule has 240 valence electrons. The van der Waals surface area contributed by atoms with Crippen LogP contribution in [0.4, 0.5) is 0 Å². The number of quaternary nitrogens is 1. The van der Waals surface area contributed by atoms with Crippen LogP contribution in [0.25, 0.3) is 0 Å². The monoisotopic (exact) mass is 594 g/mol. The smallest absolute Gasteiger partial charge is 0.457 e. The molecule has 1 N–H and O–H groups in total. The molecule has 2 atom stereocenters. The molecule has 8 nitrogen and oxygen atoms in total. The maximum absolute atomic E-state index is 12.1. The molecular weight excluding hydrogens is 529 g/mol. The Bertz CT molecular complexity index is 627. The van der Waals surface area contributed by atoms with Crippen molar-refractivity contribution in [1.29, 1.82) is 0 Å². The summed E-state index contributed by atoms with van der Waals surface area (Å²) in [4.78, 5) is 21.7. The number of carbonyl (C=O) groups is 1. The van der Waals surface area contributed by atoms with E-state index in [1.54, 1.807) is 6.92 Å². The largest absolute Gasteiger partial charge is 0.472 e. The maximum atomic E-state index is 12.1. The zero-order chi connectivity index (χ0) is 30.0. The van der Waals surface area contributed by atoms with Gasteiger partial charge < -0.3 is 18.9 Å². The molecule has 0 aliphatic rings. The van der Waals surface area contributed by atoms with Crippen molar-refractivity contribution >= 4 is 13.8 Å². The molecule has 0 heterocycles. The average Bonchev–Trinajstić information content (AvgIpc) is 2.89. The summed E-state index contributed by atoms with van der Waals surface area (Å²) >= 11 is 0. The second-order valence-electron chi connectivity index (χ2n) is 12.2. The first kappa shape index (κ1) is 39.5. The van der Waals surface area contributed by atoms with Gasteiger partial charge in [0.25, 0.3) is 0 Å².